The molecular formula is C23H22Cl2N2O3S. The molecule has 3 aromatic rings. The number of carbonyl (C=O) groups is 1. The van der Waals surface area contributed by atoms with Gasteiger partial charge in [0.05, 0.1) is 23.0 Å². The van der Waals surface area contributed by atoms with Crippen molar-refractivity contribution in [3.8, 4) is 0 Å². The number of halogens is 2. The van der Waals surface area contributed by atoms with Gasteiger partial charge in [-0.3, -0.25) is 9.10 Å². The zero-order valence-corrected chi connectivity index (χ0v) is 19.4. The van der Waals surface area contributed by atoms with Gasteiger partial charge in [0.1, 0.15) is 6.54 Å². The molecule has 1 atom stereocenters. The average molecular weight is 477 g/mol. The van der Waals surface area contributed by atoms with E-state index in [9.17, 15) is 13.2 Å². The van der Waals surface area contributed by atoms with E-state index < -0.39 is 28.5 Å². The Bertz CT molecular complexity index is 1180. The Morgan fingerprint density at radius 1 is 0.968 bits per heavy atom. The van der Waals surface area contributed by atoms with Crippen LogP contribution in [-0.2, 0) is 14.8 Å². The predicted octanol–water partition coefficient (Wildman–Crippen LogP) is 4.97. The van der Waals surface area contributed by atoms with Crippen LogP contribution in [0, 0.1) is 6.92 Å². The van der Waals surface area contributed by atoms with Crippen LogP contribution in [0.3, 0.4) is 0 Å². The summed E-state index contributed by atoms with van der Waals surface area (Å²) < 4.78 is 25.8. The maximum absolute atomic E-state index is 13.0. The summed E-state index contributed by atoms with van der Waals surface area (Å²) in [6, 6.07) is 21.3. The molecule has 0 fully saturated rings. The van der Waals surface area contributed by atoms with Gasteiger partial charge in [0.2, 0.25) is 15.9 Å². The molecule has 0 aromatic heterocycles. The Hall–Kier alpha value is -2.54. The lowest BCUT2D eigenvalue weighted by molar-refractivity contribution is -0.120. The topological polar surface area (TPSA) is 66.5 Å². The van der Waals surface area contributed by atoms with Crippen molar-refractivity contribution in [1.29, 1.82) is 0 Å². The molecule has 3 aromatic carbocycles. The molecule has 0 saturated heterocycles. The van der Waals surface area contributed by atoms with E-state index >= 15 is 0 Å². The Labute approximate surface area is 192 Å². The molecule has 0 heterocycles. The number of amides is 1. The smallest absolute Gasteiger partial charge is 0.241 e. The van der Waals surface area contributed by atoms with Crippen LogP contribution in [0.2, 0.25) is 10.0 Å². The first-order valence-electron chi connectivity index (χ1n) is 9.49. The number of carbonyl (C=O) groups excluding carboxylic acids is 1. The van der Waals surface area contributed by atoms with Crippen molar-refractivity contribution in [2.45, 2.75) is 13.0 Å². The predicted molar refractivity (Wildman–Crippen MR) is 126 cm³/mol. The lowest BCUT2D eigenvalue weighted by Gasteiger charge is -2.25. The van der Waals surface area contributed by atoms with Crippen LogP contribution in [0.5, 0.6) is 0 Å². The van der Waals surface area contributed by atoms with Gasteiger partial charge in [0, 0.05) is 5.02 Å². The van der Waals surface area contributed by atoms with Gasteiger partial charge in [-0.2, -0.15) is 0 Å². The monoisotopic (exact) mass is 476 g/mol. The van der Waals surface area contributed by atoms with Crippen LogP contribution >= 0.6 is 23.2 Å². The van der Waals surface area contributed by atoms with Gasteiger partial charge < -0.3 is 5.32 Å². The first-order valence-corrected chi connectivity index (χ1v) is 12.1. The zero-order chi connectivity index (χ0) is 22.6. The standard InChI is InChI=1S/C23H22Cl2N2O3S/c1-16-7-6-10-18(13-16)23(17-8-4-3-5-9-17)26-22(28)15-27(31(2,29)30)21-14-19(24)11-12-20(21)25/h3-14,23H,15H2,1-2H3,(H,26,28). The average Bonchev–Trinajstić information content (AvgIpc) is 2.72. The lowest BCUT2D eigenvalue weighted by Crippen LogP contribution is -2.42. The summed E-state index contributed by atoms with van der Waals surface area (Å²) in [4.78, 5) is 13.0. The van der Waals surface area contributed by atoms with Crippen molar-refractivity contribution in [1.82, 2.24) is 5.32 Å². The Balaban J connectivity index is 1.93. The quantitative estimate of drug-likeness (QED) is 0.523. The third kappa shape index (κ3) is 6.00. The summed E-state index contributed by atoms with van der Waals surface area (Å²) >= 11 is 12.2. The van der Waals surface area contributed by atoms with E-state index in [1.807, 2.05) is 61.5 Å². The summed E-state index contributed by atoms with van der Waals surface area (Å²) in [6.45, 7) is 1.54. The molecule has 1 unspecified atom stereocenters. The maximum Gasteiger partial charge on any atom is 0.241 e. The molecule has 0 aliphatic rings. The van der Waals surface area contributed by atoms with E-state index in [-0.39, 0.29) is 10.7 Å². The van der Waals surface area contributed by atoms with Crippen molar-refractivity contribution >= 4 is 44.8 Å². The molecule has 1 N–H and O–H groups in total. The summed E-state index contributed by atoms with van der Waals surface area (Å²) in [5.74, 6) is -0.475. The highest BCUT2D eigenvalue weighted by Gasteiger charge is 2.25. The van der Waals surface area contributed by atoms with Crippen LogP contribution in [0.1, 0.15) is 22.7 Å². The van der Waals surface area contributed by atoms with E-state index in [0.29, 0.717) is 5.02 Å². The molecule has 0 aliphatic heterocycles. The van der Waals surface area contributed by atoms with Gasteiger partial charge in [0.15, 0.2) is 0 Å². The largest absolute Gasteiger partial charge is 0.344 e. The maximum atomic E-state index is 13.0. The molecule has 0 spiro atoms. The Kier molecular flexibility index (Phi) is 7.26. The minimum Gasteiger partial charge on any atom is -0.344 e. The van der Waals surface area contributed by atoms with Gasteiger partial charge in [-0.1, -0.05) is 83.4 Å². The molecular weight excluding hydrogens is 455 g/mol. The number of anilines is 1. The van der Waals surface area contributed by atoms with E-state index in [1.165, 1.54) is 12.1 Å². The fraction of sp³-hybridized carbons (Fsp3) is 0.174. The molecule has 31 heavy (non-hydrogen) atoms. The number of rotatable bonds is 7. The van der Waals surface area contributed by atoms with Crippen molar-refractivity contribution in [3.63, 3.8) is 0 Å². The molecule has 0 aliphatic carbocycles. The molecule has 162 valence electrons. The van der Waals surface area contributed by atoms with E-state index in [4.69, 9.17) is 23.2 Å². The van der Waals surface area contributed by atoms with Gasteiger partial charge in [-0.25, -0.2) is 8.42 Å². The highest BCUT2D eigenvalue weighted by Crippen LogP contribution is 2.31. The SMILES string of the molecule is Cc1cccc(C(NC(=O)CN(c2cc(Cl)ccc2Cl)S(C)(=O)=O)c2ccccc2)c1. The van der Waals surface area contributed by atoms with Crippen LogP contribution < -0.4 is 9.62 Å². The Morgan fingerprint density at radius 2 is 1.65 bits per heavy atom. The van der Waals surface area contributed by atoms with Crippen LogP contribution in [0.15, 0.2) is 72.8 Å². The lowest BCUT2D eigenvalue weighted by atomic mass is 9.97. The number of aryl methyl sites for hydroxylation is 1. The second-order valence-corrected chi connectivity index (χ2v) is 9.94. The third-order valence-electron chi connectivity index (χ3n) is 4.68. The van der Waals surface area contributed by atoms with Gasteiger partial charge in [0.25, 0.3) is 0 Å². The highest BCUT2D eigenvalue weighted by atomic mass is 35.5. The van der Waals surface area contributed by atoms with Gasteiger partial charge >= 0.3 is 0 Å². The molecule has 0 bridgehead atoms. The van der Waals surface area contributed by atoms with Crippen molar-refractivity contribution < 1.29 is 13.2 Å². The zero-order valence-electron chi connectivity index (χ0n) is 17.0. The van der Waals surface area contributed by atoms with Crippen molar-refractivity contribution in [3.05, 3.63) is 99.5 Å². The molecule has 0 radical (unpaired) electrons. The number of benzene rings is 3. The van der Waals surface area contributed by atoms with Crippen LogP contribution in [0.4, 0.5) is 5.69 Å². The second-order valence-electron chi connectivity index (χ2n) is 7.19. The molecule has 1 amide bonds. The van der Waals surface area contributed by atoms with Crippen molar-refractivity contribution in [2.24, 2.45) is 0 Å². The molecule has 3 rings (SSSR count). The van der Waals surface area contributed by atoms with Gasteiger partial charge in [-0.05, 0) is 36.2 Å². The van der Waals surface area contributed by atoms with Crippen LogP contribution in [-0.4, -0.2) is 27.1 Å². The fourth-order valence-electron chi connectivity index (χ4n) is 3.25. The number of nitrogens with one attached hydrogen (secondary N) is 1. The summed E-state index contributed by atoms with van der Waals surface area (Å²) in [5, 5.41) is 3.46. The summed E-state index contributed by atoms with van der Waals surface area (Å²) in [5.41, 5.74) is 2.98. The molecule has 0 saturated carbocycles. The second kappa shape index (κ2) is 9.73. The normalized spacial score (nSPS) is 12.3. The van der Waals surface area contributed by atoms with Crippen LogP contribution in [0.25, 0.3) is 0 Å². The number of sulfonamides is 1. The van der Waals surface area contributed by atoms with E-state index in [2.05, 4.69) is 5.32 Å². The van der Waals surface area contributed by atoms with E-state index in [1.54, 1.807) is 6.07 Å². The summed E-state index contributed by atoms with van der Waals surface area (Å²) in [7, 11) is -3.79. The Morgan fingerprint density at radius 3 is 2.29 bits per heavy atom. The highest BCUT2D eigenvalue weighted by molar-refractivity contribution is 7.92. The number of nitrogens with zero attached hydrogens (tertiary/aromatic N) is 1. The van der Waals surface area contributed by atoms with Gasteiger partial charge in [-0.15, -0.1) is 0 Å². The van der Waals surface area contributed by atoms with E-state index in [0.717, 1.165) is 27.3 Å². The number of hydrogen-bond donors (Lipinski definition) is 1. The molecule has 8 heteroatoms. The van der Waals surface area contributed by atoms with Crippen molar-refractivity contribution in [2.75, 3.05) is 17.1 Å². The first-order chi connectivity index (χ1) is 14.6. The minimum atomic E-state index is -3.79. The first kappa shape index (κ1) is 23.1. The summed E-state index contributed by atoms with van der Waals surface area (Å²) in [6.07, 6.45) is 1.02. The molecule has 5 nitrogen and oxygen atoms in total. The minimum absolute atomic E-state index is 0.152. The fourth-order valence-corrected chi connectivity index (χ4v) is 4.55. The number of hydrogen-bond acceptors (Lipinski definition) is 3. The third-order valence-corrected chi connectivity index (χ3v) is 6.36.